The number of nitrogens with one attached hydrogen (secondary N) is 1. The van der Waals surface area contributed by atoms with Crippen LogP contribution in [0.2, 0.25) is 0 Å². The molecule has 4 nitrogen and oxygen atoms in total. The Balaban J connectivity index is 1.95. The van der Waals surface area contributed by atoms with Gasteiger partial charge in [0.05, 0.1) is 0 Å². The Bertz CT molecular complexity index is 363. The smallest absolute Gasteiger partial charge is 0.139 e. The van der Waals surface area contributed by atoms with E-state index < -0.39 is 0 Å². The molecule has 0 aliphatic carbocycles. The topological polar surface area (TPSA) is 54.2 Å². The van der Waals surface area contributed by atoms with E-state index in [9.17, 15) is 0 Å². The highest BCUT2D eigenvalue weighted by Crippen LogP contribution is 2.30. The minimum absolute atomic E-state index is 0.366. The van der Waals surface area contributed by atoms with Crippen LogP contribution in [0.4, 0.5) is 5.82 Å². The lowest BCUT2D eigenvalue weighted by atomic mass is 10.1. The number of aromatic nitrogens is 1. The quantitative estimate of drug-likeness (QED) is 0.633. The molecule has 1 saturated heterocycles. The predicted octanol–water partition coefficient (Wildman–Crippen LogP) is 1.69. The largest absolute Gasteiger partial charge is 0.308 e. The second-order valence-electron chi connectivity index (χ2n) is 5.01. The van der Waals surface area contributed by atoms with Gasteiger partial charge < -0.3 is 5.43 Å². The second kappa shape index (κ2) is 5.25. The number of rotatable bonds is 3. The van der Waals surface area contributed by atoms with Gasteiger partial charge in [-0.3, -0.25) is 4.90 Å². The zero-order valence-electron chi connectivity index (χ0n) is 10.4. The summed E-state index contributed by atoms with van der Waals surface area (Å²) in [5.74, 6) is 7.22. The van der Waals surface area contributed by atoms with Crippen LogP contribution in [0.15, 0.2) is 18.3 Å². The van der Waals surface area contributed by atoms with Crippen LogP contribution in [0.1, 0.15) is 19.4 Å². The van der Waals surface area contributed by atoms with E-state index in [2.05, 4.69) is 47.0 Å². The third kappa shape index (κ3) is 3.59. The summed E-state index contributed by atoms with van der Waals surface area (Å²) < 4.78 is 0.366. The van der Waals surface area contributed by atoms with Crippen molar-refractivity contribution in [3.8, 4) is 0 Å². The molecule has 0 atom stereocenters. The zero-order chi connectivity index (χ0) is 12.3. The lowest BCUT2D eigenvalue weighted by molar-refractivity contribution is 0.252. The Hall–Kier alpha value is -0.780. The van der Waals surface area contributed by atoms with Crippen molar-refractivity contribution in [3.05, 3.63) is 23.9 Å². The van der Waals surface area contributed by atoms with Gasteiger partial charge in [-0.05, 0) is 25.5 Å². The number of nitrogen functional groups attached to an aromatic ring is 1. The van der Waals surface area contributed by atoms with E-state index in [1.807, 2.05) is 12.3 Å². The van der Waals surface area contributed by atoms with Crippen molar-refractivity contribution >= 4 is 17.6 Å². The van der Waals surface area contributed by atoms with Crippen LogP contribution in [0.5, 0.6) is 0 Å². The van der Waals surface area contributed by atoms with Gasteiger partial charge in [-0.15, -0.1) is 0 Å². The summed E-state index contributed by atoms with van der Waals surface area (Å²) in [5.41, 5.74) is 3.79. The van der Waals surface area contributed by atoms with E-state index in [4.69, 9.17) is 5.84 Å². The number of anilines is 1. The van der Waals surface area contributed by atoms with Crippen LogP contribution in [0, 0.1) is 0 Å². The lowest BCUT2D eigenvalue weighted by Crippen LogP contribution is -2.42. The first-order valence-corrected chi connectivity index (χ1v) is 6.85. The van der Waals surface area contributed by atoms with Crippen molar-refractivity contribution in [2.24, 2.45) is 5.84 Å². The average molecular weight is 252 g/mol. The van der Waals surface area contributed by atoms with Crippen LogP contribution >= 0.6 is 11.8 Å². The van der Waals surface area contributed by atoms with Gasteiger partial charge in [0.2, 0.25) is 0 Å². The monoisotopic (exact) mass is 252 g/mol. The number of nitrogens with two attached hydrogens (primary N) is 1. The van der Waals surface area contributed by atoms with Crippen molar-refractivity contribution in [3.63, 3.8) is 0 Å². The highest BCUT2D eigenvalue weighted by molar-refractivity contribution is 8.00. The Morgan fingerprint density at radius 2 is 2.35 bits per heavy atom. The van der Waals surface area contributed by atoms with Crippen molar-refractivity contribution in [1.29, 1.82) is 0 Å². The van der Waals surface area contributed by atoms with E-state index in [0.717, 1.165) is 19.6 Å². The summed E-state index contributed by atoms with van der Waals surface area (Å²) in [6, 6.07) is 4.00. The second-order valence-corrected chi connectivity index (χ2v) is 6.82. The molecule has 0 saturated carbocycles. The molecule has 1 aromatic heterocycles. The summed E-state index contributed by atoms with van der Waals surface area (Å²) in [6.07, 6.45) is 1.89. The minimum atomic E-state index is 0.366. The molecule has 17 heavy (non-hydrogen) atoms. The molecule has 1 aliphatic rings. The first-order valence-electron chi connectivity index (χ1n) is 5.87. The van der Waals surface area contributed by atoms with Gasteiger partial charge in [0.15, 0.2) is 0 Å². The van der Waals surface area contributed by atoms with Gasteiger partial charge in [0, 0.05) is 36.3 Å². The maximum Gasteiger partial charge on any atom is 0.139 e. The normalized spacial score (nSPS) is 20.2. The molecule has 0 aromatic carbocycles. The molecule has 0 radical (unpaired) electrons. The summed E-state index contributed by atoms with van der Waals surface area (Å²) in [5, 5.41) is 0. The zero-order valence-corrected chi connectivity index (χ0v) is 11.3. The van der Waals surface area contributed by atoms with Gasteiger partial charge in [0.1, 0.15) is 5.82 Å². The van der Waals surface area contributed by atoms with Crippen molar-refractivity contribution in [1.82, 2.24) is 9.88 Å². The Kier molecular flexibility index (Phi) is 3.91. The first kappa shape index (κ1) is 12.7. The Labute approximate surface area is 107 Å². The Morgan fingerprint density at radius 3 is 2.94 bits per heavy atom. The average Bonchev–Trinajstić information content (AvgIpc) is 2.29. The van der Waals surface area contributed by atoms with Crippen LogP contribution in [0.3, 0.4) is 0 Å². The van der Waals surface area contributed by atoms with Crippen LogP contribution in [0.25, 0.3) is 0 Å². The van der Waals surface area contributed by atoms with Crippen LogP contribution in [-0.2, 0) is 6.54 Å². The van der Waals surface area contributed by atoms with Crippen molar-refractivity contribution in [2.75, 3.05) is 24.3 Å². The number of hydrogen-bond acceptors (Lipinski definition) is 5. The van der Waals surface area contributed by atoms with Gasteiger partial charge in [-0.2, -0.15) is 11.8 Å². The number of thioether (sulfide) groups is 1. The highest BCUT2D eigenvalue weighted by Gasteiger charge is 2.26. The molecule has 1 aliphatic heterocycles. The van der Waals surface area contributed by atoms with Crippen LogP contribution in [-0.4, -0.2) is 33.5 Å². The SMILES string of the molecule is CC1(C)CN(Cc2ccc(NN)nc2)CCS1. The molecule has 0 amide bonds. The minimum Gasteiger partial charge on any atom is -0.308 e. The van der Waals surface area contributed by atoms with E-state index >= 15 is 0 Å². The summed E-state index contributed by atoms with van der Waals surface area (Å²) in [7, 11) is 0. The molecule has 5 heteroatoms. The number of hydrogen-bond donors (Lipinski definition) is 2. The number of hydrazine groups is 1. The fourth-order valence-corrected chi connectivity index (χ4v) is 3.29. The van der Waals surface area contributed by atoms with Gasteiger partial charge in [-0.25, -0.2) is 10.8 Å². The molecule has 0 unspecified atom stereocenters. The molecular formula is C12H20N4S. The first-order chi connectivity index (χ1) is 8.09. The molecule has 3 N–H and O–H groups in total. The van der Waals surface area contributed by atoms with Gasteiger partial charge >= 0.3 is 0 Å². The Morgan fingerprint density at radius 1 is 1.53 bits per heavy atom. The fraction of sp³-hybridized carbons (Fsp3) is 0.583. The van der Waals surface area contributed by atoms with E-state index in [-0.39, 0.29) is 0 Å². The molecule has 2 rings (SSSR count). The summed E-state index contributed by atoms with van der Waals surface area (Å²) in [6.45, 7) is 7.88. The van der Waals surface area contributed by atoms with E-state index in [0.29, 0.717) is 10.6 Å². The summed E-state index contributed by atoms with van der Waals surface area (Å²) in [4.78, 5) is 6.72. The van der Waals surface area contributed by atoms with E-state index in [1.54, 1.807) is 0 Å². The van der Waals surface area contributed by atoms with Crippen molar-refractivity contribution < 1.29 is 0 Å². The van der Waals surface area contributed by atoms with Crippen molar-refractivity contribution in [2.45, 2.75) is 25.1 Å². The highest BCUT2D eigenvalue weighted by atomic mass is 32.2. The molecule has 94 valence electrons. The molecule has 1 aromatic rings. The fourth-order valence-electron chi connectivity index (χ4n) is 2.11. The lowest BCUT2D eigenvalue weighted by Gasteiger charge is -2.37. The molecule has 1 fully saturated rings. The molecular weight excluding hydrogens is 232 g/mol. The van der Waals surface area contributed by atoms with Crippen LogP contribution < -0.4 is 11.3 Å². The number of nitrogens with zero attached hydrogens (tertiary/aromatic N) is 2. The molecule has 0 bridgehead atoms. The summed E-state index contributed by atoms with van der Waals surface area (Å²) >= 11 is 2.06. The standard InChI is InChI=1S/C12H20N4S/c1-12(2)9-16(5-6-17-12)8-10-3-4-11(15-13)14-7-10/h3-4,7H,5-6,8-9,13H2,1-2H3,(H,14,15). The third-order valence-electron chi connectivity index (χ3n) is 2.88. The molecule has 0 spiro atoms. The predicted molar refractivity (Wildman–Crippen MR) is 73.9 cm³/mol. The van der Waals surface area contributed by atoms with E-state index in [1.165, 1.54) is 11.3 Å². The number of pyridine rings is 1. The third-order valence-corrected chi connectivity index (χ3v) is 4.18. The maximum atomic E-state index is 5.29. The maximum absolute atomic E-state index is 5.29. The van der Waals surface area contributed by atoms with Gasteiger partial charge in [0.25, 0.3) is 0 Å². The van der Waals surface area contributed by atoms with Gasteiger partial charge in [-0.1, -0.05) is 6.07 Å². The molecule has 2 heterocycles.